The second-order valence-electron chi connectivity index (χ2n) is 3.11. The summed E-state index contributed by atoms with van der Waals surface area (Å²) in [5.74, 6) is -0.0535. The molecule has 1 amide bonds. The quantitative estimate of drug-likeness (QED) is 0.573. The number of nitrogens with one attached hydrogen (secondary N) is 1. The van der Waals surface area contributed by atoms with Crippen LogP contribution < -0.4 is 5.32 Å². The Hall–Kier alpha value is -0.790. The third-order valence-electron chi connectivity index (χ3n) is 2.07. The minimum atomic E-state index is -0.0535. The second kappa shape index (κ2) is 2.45. The van der Waals surface area contributed by atoms with E-state index in [-0.39, 0.29) is 11.4 Å². The van der Waals surface area contributed by atoms with E-state index in [0.717, 1.165) is 12.8 Å². The summed E-state index contributed by atoms with van der Waals surface area (Å²) in [6.45, 7) is 5.46. The molecule has 0 heterocycles. The normalized spacial score (nSPS) is 20.9. The van der Waals surface area contributed by atoms with Gasteiger partial charge in [0.1, 0.15) is 0 Å². The van der Waals surface area contributed by atoms with Crippen LogP contribution in [-0.2, 0) is 4.79 Å². The van der Waals surface area contributed by atoms with Crippen LogP contribution in [0.25, 0.3) is 0 Å². The minimum absolute atomic E-state index is 0.0535. The van der Waals surface area contributed by atoms with Crippen molar-refractivity contribution in [3.05, 3.63) is 12.7 Å². The molecule has 1 saturated carbocycles. The van der Waals surface area contributed by atoms with Crippen molar-refractivity contribution in [1.29, 1.82) is 0 Å². The molecule has 1 N–H and O–H groups in total. The van der Waals surface area contributed by atoms with Crippen molar-refractivity contribution < 1.29 is 4.79 Å². The number of amides is 1. The average Bonchev–Trinajstić information content (AvgIpc) is 1.84. The molecule has 0 aromatic carbocycles. The lowest BCUT2D eigenvalue weighted by Gasteiger charge is -2.38. The van der Waals surface area contributed by atoms with Gasteiger partial charge in [-0.25, -0.2) is 0 Å². The van der Waals surface area contributed by atoms with Gasteiger partial charge in [0.25, 0.3) is 0 Å². The molecule has 0 aromatic heterocycles. The van der Waals surface area contributed by atoms with Crippen LogP contribution in [0, 0.1) is 0 Å². The van der Waals surface area contributed by atoms with Crippen molar-refractivity contribution in [3.8, 4) is 0 Å². The van der Waals surface area contributed by atoms with Crippen LogP contribution in [0.2, 0.25) is 0 Å². The molecule has 0 radical (unpaired) electrons. The lowest BCUT2D eigenvalue weighted by Crippen LogP contribution is -2.50. The molecule has 1 fully saturated rings. The molecule has 2 heteroatoms. The molecular formula is C8H13NO. The van der Waals surface area contributed by atoms with Crippen LogP contribution in [0.4, 0.5) is 0 Å². The van der Waals surface area contributed by atoms with Crippen molar-refractivity contribution in [3.63, 3.8) is 0 Å². The summed E-state index contributed by atoms with van der Waals surface area (Å²) in [5.41, 5.74) is 0.0747. The van der Waals surface area contributed by atoms with Crippen molar-refractivity contribution in [2.24, 2.45) is 0 Å². The van der Waals surface area contributed by atoms with Gasteiger partial charge < -0.3 is 5.32 Å². The van der Waals surface area contributed by atoms with Gasteiger partial charge in [-0.3, -0.25) is 4.79 Å². The summed E-state index contributed by atoms with van der Waals surface area (Å²) in [5, 5.41) is 2.89. The summed E-state index contributed by atoms with van der Waals surface area (Å²) in [6.07, 6.45) is 4.76. The third kappa shape index (κ3) is 1.38. The molecule has 1 aliphatic carbocycles. The Morgan fingerprint density at radius 2 is 2.30 bits per heavy atom. The number of carbonyl (C=O) groups excluding carboxylic acids is 1. The monoisotopic (exact) mass is 139 g/mol. The van der Waals surface area contributed by atoms with Gasteiger partial charge in [0.2, 0.25) is 5.91 Å². The van der Waals surface area contributed by atoms with Crippen molar-refractivity contribution >= 4 is 5.91 Å². The molecule has 0 aromatic rings. The van der Waals surface area contributed by atoms with Gasteiger partial charge >= 0.3 is 0 Å². The topological polar surface area (TPSA) is 29.1 Å². The molecule has 1 rings (SSSR count). The molecular weight excluding hydrogens is 126 g/mol. The van der Waals surface area contributed by atoms with Gasteiger partial charge in [-0.2, -0.15) is 0 Å². The third-order valence-corrected chi connectivity index (χ3v) is 2.07. The molecule has 0 spiro atoms. The van der Waals surface area contributed by atoms with Crippen LogP contribution in [0.15, 0.2) is 12.7 Å². The SMILES string of the molecule is C=CC(=O)NC1(C)CCC1. The first-order valence-corrected chi connectivity index (χ1v) is 3.61. The fourth-order valence-corrected chi connectivity index (χ4v) is 1.18. The van der Waals surface area contributed by atoms with Gasteiger partial charge in [0.15, 0.2) is 0 Å². The molecule has 0 aliphatic heterocycles. The predicted octanol–water partition coefficient (Wildman–Crippen LogP) is 1.23. The molecule has 0 bridgehead atoms. The molecule has 0 saturated heterocycles. The minimum Gasteiger partial charge on any atom is -0.347 e. The summed E-state index contributed by atoms with van der Waals surface area (Å²) >= 11 is 0. The standard InChI is InChI=1S/C8H13NO/c1-3-7(10)9-8(2)5-4-6-8/h3H,1,4-6H2,2H3,(H,9,10). The first-order chi connectivity index (χ1) is 4.66. The highest BCUT2D eigenvalue weighted by molar-refractivity contribution is 5.87. The maximum atomic E-state index is 10.8. The van der Waals surface area contributed by atoms with Crippen LogP contribution in [0.5, 0.6) is 0 Å². The Balaban J connectivity index is 2.36. The maximum absolute atomic E-state index is 10.8. The molecule has 0 unspecified atom stereocenters. The highest BCUT2D eigenvalue weighted by atomic mass is 16.1. The van der Waals surface area contributed by atoms with Crippen LogP contribution >= 0.6 is 0 Å². The van der Waals surface area contributed by atoms with E-state index < -0.39 is 0 Å². The Labute approximate surface area is 61.3 Å². The number of carbonyl (C=O) groups is 1. The highest BCUT2D eigenvalue weighted by Gasteiger charge is 2.32. The zero-order chi connectivity index (χ0) is 7.61. The van der Waals surface area contributed by atoms with E-state index in [1.165, 1.54) is 12.5 Å². The zero-order valence-corrected chi connectivity index (χ0v) is 6.31. The lowest BCUT2D eigenvalue weighted by molar-refractivity contribution is -0.119. The van der Waals surface area contributed by atoms with Gasteiger partial charge in [-0.15, -0.1) is 0 Å². The molecule has 2 nitrogen and oxygen atoms in total. The van der Waals surface area contributed by atoms with Crippen LogP contribution in [0.1, 0.15) is 26.2 Å². The fraction of sp³-hybridized carbons (Fsp3) is 0.625. The van der Waals surface area contributed by atoms with E-state index in [4.69, 9.17) is 0 Å². The van der Waals surface area contributed by atoms with Crippen molar-refractivity contribution in [1.82, 2.24) is 5.32 Å². The Morgan fingerprint density at radius 1 is 1.70 bits per heavy atom. The Morgan fingerprint density at radius 3 is 2.60 bits per heavy atom. The van der Waals surface area contributed by atoms with Gasteiger partial charge in [-0.1, -0.05) is 6.58 Å². The maximum Gasteiger partial charge on any atom is 0.243 e. The summed E-state index contributed by atoms with van der Waals surface area (Å²) in [6, 6.07) is 0. The zero-order valence-electron chi connectivity index (χ0n) is 6.31. The van der Waals surface area contributed by atoms with Gasteiger partial charge in [-0.05, 0) is 32.3 Å². The Kier molecular flexibility index (Phi) is 1.79. The first kappa shape index (κ1) is 7.32. The average molecular weight is 139 g/mol. The van der Waals surface area contributed by atoms with E-state index in [1.807, 2.05) is 0 Å². The lowest BCUT2D eigenvalue weighted by atomic mass is 9.78. The largest absolute Gasteiger partial charge is 0.347 e. The molecule has 56 valence electrons. The van der Waals surface area contributed by atoms with Gasteiger partial charge in [0, 0.05) is 5.54 Å². The van der Waals surface area contributed by atoms with E-state index >= 15 is 0 Å². The fourth-order valence-electron chi connectivity index (χ4n) is 1.18. The van der Waals surface area contributed by atoms with Crippen molar-refractivity contribution in [2.75, 3.05) is 0 Å². The Bertz CT molecular complexity index is 159. The van der Waals surface area contributed by atoms with E-state index in [0.29, 0.717) is 0 Å². The van der Waals surface area contributed by atoms with E-state index in [2.05, 4.69) is 18.8 Å². The summed E-state index contributed by atoms with van der Waals surface area (Å²) in [7, 11) is 0. The van der Waals surface area contributed by atoms with Crippen LogP contribution in [0.3, 0.4) is 0 Å². The summed E-state index contributed by atoms with van der Waals surface area (Å²) in [4.78, 5) is 10.8. The molecule has 10 heavy (non-hydrogen) atoms. The summed E-state index contributed by atoms with van der Waals surface area (Å²) < 4.78 is 0. The molecule has 1 aliphatic rings. The number of hydrogen-bond donors (Lipinski definition) is 1. The van der Waals surface area contributed by atoms with Gasteiger partial charge in [0.05, 0.1) is 0 Å². The molecule has 0 atom stereocenters. The smallest absolute Gasteiger partial charge is 0.243 e. The predicted molar refractivity (Wildman–Crippen MR) is 40.6 cm³/mol. The van der Waals surface area contributed by atoms with E-state index in [1.54, 1.807) is 0 Å². The highest BCUT2D eigenvalue weighted by Crippen LogP contribution is 2.30. The van der Waals surface area contributed by atoms with Crippen LogP contribution in [-0.4, -0.2) is 11.4 Å². The first-order valence-electron chi connectivity index (χ1n) is 3.61. The number of hydrogen-bond acceptors (Lipinski definition) is 1. The second-order valence-corrected chi connectivity index (χ2v) is 3.11. The number of rotatable bonds is 2. The van der Waals surface area contributed by atoms with E-state index in [9.17, 15) is 4.79 Å². The van der Waals surface area contributed by atoms with Crippen molar-refractivity contribution in [2.45, 2.75) is 31.7 Å².